The maximum atomic E-state index is 5.38. The summed E-state index contributed by atoms with van der Waals surface area (Å²) in [6.07, 6.45) is 0. The molecule has 16 aromatic rings. The molecule has 0 bridgehead atoms. The number of nitrogens with zero attached hydrogens (tertiary/aromatic N) is 6. The molecule has 0 unspecified atom stereocenters. The Labute approximate surface area is 473 Å². The van der Waals surface area contributed by atoms with Crippen LogP contribution in [-0.4, -0.2) is 19.1 Å². The quantitative estimate of drug-likeness (QED) is 0.137. The average molecular weight is 1050 g/mol. The average Bonchev–Trinajstić information content (AvgIpc) is 3.49. The van der Waals surface area contributed by atoms with Crippen LogP contribution in [0.25, 0.3) is 110 Å². The van der Waals surface area contributed by atoms with Gasteiger partial charge in [-0.2, -0.15) is 0 Å². The molecule has 0 spiro atoms. The van der Waals surface area contributed by atoms with Crippen LogP contribution in [0.15, 0.2) is 303 Å². The Balaban J connectivity index is 0.783. The largest absolute Gasteiger partial charge is 0.310 e. The smallest absolute Gasteiger partial charge is 0.0973 e. The minimum absolute atomic E-state index is 0.819. The zero-order chi connectivity index (χ0) is 54.1. The van der Waals surface area contributed by atoms with Crippen molar-refractivity contribution >= 4 is 110 Å². The van der Waals surface area contributed by atoms with Crippen molar-refractivity contribution < 1.29 is 0 Å². The molecule has 0 saturated carbocycles. The topological polar surface area (TPSA) is 42.1 Å². The summed E-state index contributed by atoms with van der Waals surface area (Å²) < 4.78 is 4.84. The van der Waals surface area contributed by atoms with Gasteiger partial charge in [0.05, 0.1) is 55.9 Å². The van der Waals surface area contributed by atoms with E-state index in [2.05, 4.69) is 298 Å². The van der Waals surface area contributed by atoms with Crippen molar-refractivity contribution in [3.8, 4) is 33.9 Å². The molecule has 13 aromatic carbocycles. The van der Waals surface area contributed by atoms with Gasteiger partial charge in [-0.1, -0.05) is 182 Å². The SMILES string of the molecule is c1ccc(N(c2ccc(-c3nc4ccccc4nc3-c3ccc(N(c4ccccc4)c4ccc5c(c4)c4ccccc4n5-c4cccc5ccccc45)cc3)cc2)c2ccc3c(c2)c2ccccc2n3-c2cccc3ccccc23)cc1. The van der Waals surface area contributed by atoms with Crippen molar-refractivity contribution in [2.45, 2.75) is 0 Å². The van der Waals surface area contributed by atoms with Crippen LogP contribution in [0.5, 0.6) is 0 Å². The lowest BCUT2D eigenvalue weighted by atomic mass is 10.0. The lowest BCUT2D eigenvalue weighted by molar-refractivity contribution is 1.20. The van der Waals surface area contributed by atoms with E-state index in [0.717, 1.165) is 78.7 Å². The lowest BCUT2D eigenvalue weighted by Crippen LogP contribution is -2.10. The number of hydrogen-bond acceptors (Lipinski definition) is 4. The van der Waals surface area contributed by atoms with E-state index < -0.39 is 0 Å². The molecule has 0 aliphatic heterocycles. The third-order valence-corrected chi connectivity index (χ3v) is 16.2. The van der Waals surface area contributed by atoms with Gasteiger partial charge in [0, 0.05) is 77.6 Å². The second kappa shape index (κ2) is 19.4. The van der Waals surface area contributed by atoms with E-state index in [1.165, 1.54) is 65.5 Å². The van der Waals surface area contributed by atoms with Crippen LogP contribution in [0.4, 0.5) is 34.1 Å². The number of anilines is 6. The second-order valence-corrected chi connectivity index (χ2v) is 20.9. The molecule has 6 heteroatoms. The highest BCUT2D eigenvalue weighted by Crippen LogP contribution is 2.44. The Bertz CT molecular complexity index is 4770. The molecule has 0 aliphatic rings. The summed E-state index contributed by atoms with van der Waals surface area (Å²) in [7, 11) is 0. The third-order valence-electron chi connectivity index (χ3n) is 16.2. The van der Waals surface area contributed by atoms with Gasteiger partial charge in [0.25, 0.3) is 0 Å². The van der Waals surface area contributed by atoms with Gasteiger partial charge in [-0.05, 0) is 132 Å². The molecule has 384 valence electrons. The normalized spacial score (nSPS) is 11.7. The summed E-state index contributed by atoms with van der Waals surface area (Å²) in [5.74, 6) is 0. The summed E-state index contributed by atoms with van der Waals surface area (Å²) >= 11 is 0. The molecule has 6 nitrogen and oxygen atoms in total. The fraction of sp³-hybridized carbons (Fsp3) is 0. The third kappa shape index (κ3) is 7.80. The van der Waals surface area contributed by atoms with Gasteiger partial charge in [0.2, 0.25) is 0 Å². The number of aromatic nitrogens is 4. The highest BCUT2D eigenvalue weighted by molar-refractivity contribution is 6.13. The van der Waals surface area contributed by atoms with Gasteiger partial charge >= 0.3 is 0 Å². The van der Waals surface area contributed by atoms with E-state index in [9.17, 15) is 0 Å². The van der Waals surface area contributed by atoms with E-state index >= 15 is 0 Å². The van der Waals surface area contributed by atoms with Crippen molar-refractivity contribution in [3.63, 3.8) is 0 Å². The van der Waals surface area contributed by atoms with Crippen LogP contribution < -0.4 is 9.80 Å². The van der Waals surface area contributed by atoms with Gasteiger partial charge in [0.15, 0.2) is 0 Å². The van der Waals surface area contributed by atoms with Crippen LogP contribution >= 0.6 is 0 Å². The van der Waals surface area contributed by atoms with E-state index in [-0.39, 0.29) is 0 Å². The first kappa shape index (κ1) is 47.0. The number of fused-ring (bicyclic) bond motifs is 9. The Morgan fingerprint density at radius 1 is 0.232 bits per heavy atom. The Kier molecular flexibility index (Phi) is 11.1. The summed E-state index contributed by atoms with van der Waals surface area (Å²) in [4.78, 5) is 15.4. The molecule has 0 saturated heterocycles. The van der Waals surface area contributed by atoms with Gasteiger partial charge in [-0.3, -0.25) is 0 Å². The van der Waals surface area contributed by atoms with Crippen LogP contribution in [0.1, 0.15) is 0 Å². The second-order valence-electron chi connectivity index (χ2n) is 20.9. The van der Waals surface area contributed by atoms with E-state index in [1.807, 2.05) is 24.3 Å². The zero-order valence-corrected chi connectivity index (χ0v) is 44.6. The van der Waals surface area contributed by atoms with Crippen LogP contribution in [0.2, 0.25) is 0 Å². The highest BCUT2D eigenvalue weighted by atomic mass is 15.1. The van der Waals surface area contributed by atoms with Gasteiger partial charge in [-0.25, -0.2) is 9.97 Å². The Morgan fingerprint density at radius 2 is 0.561 bits per heavy atom. The summed E-state index contributed by atoms with van der Waals surface area (Å²) in [6, 6.07) is 109. The lowest BCUT2D eigenvalue weighted by Gasteiger charge is -2.26. The predicted octanol–water partition coefficient (Wildman–Crippen LogP) is 20.4. The van der Waals surface area contributed by atoms with Crippen molar-refractivity contribution in [2.24, 2.45) is 0 Å². The molecule has 0 radical (unpaired) electrons. The molecular formula is C76H50N6. The van der Waals surface area contributed by atoms with Gasteiger partial charge < -0.3 is 18.9 Å². The fourth-order valence-corrected chi connectivity index (χ4v) is 12.5. The van der Waals surface area contributed by atoms with Crippen LogP contribution in [-0.2, 0) is 0 Å². The Hall–Kier alpha value is -11.1. The summed E-state index contributed by atoms with van der Waals surface area (Å²) in [5.41, 5.74) is 18.6. The molecule has 0 aliphatic carbocycles. The number of hydrogen-bond donors (Lipinski definition) is 0. The van der Waals surface area contributed by atoms with E-state index in [4.69, 9.17) is 9.97 Å². The number of benzene rings is 13. The fourth-order valence-electron chi connectivity index (χ4n) is 12.5. The molecule has 3 aromatic heterocycles. The van der Waals surface area contributed by atoms with Crippen LogP contribution in [0, 0.1) is 0 Å². The number of para-hydroxylation sites is 6. The molecule has 0 amide bonds. The first-order chi connectivity index (χ1) is 40.7. The first-order valence-electron chi connectivity index (χ1n) is 27.9. The monoisotopic (exact) mass is 1050 g/mol. The minimum Gasteiger partial charge on any atom is -0.310 e. The first-order valence-corrected chi connectivity index (χ1v) is 27.9. The highest BCUT2D eigenvalue weighted by Gasteiger charge is 2.22. The van der Waals surface area contributed by atoms with Crippen molar-refractivity contribution in [1.29, 1.82) is 0 Å². The van der Waals surface area contributed by atoms with Gasteiger partial charge in [-0.15, -0.1) is 0 Å². The zero-order valence-electron chi connectivity index (χ0n) is 44.6. The van der Waals surface area contributed by atoms with Crippen molar-refractivity contribution in [3.05, 3.63) is 303 Å². The van der Waals surface area contributed by atoms with Gasteiger partial charge in [0.1, 0.15) is 0 Å². The van der Waals surface area contributed by atoms with Crippen molar-refractivity contribution in [1.82, 2.24) is 19.1 Å². The molecule has 0 atom stereocenters. The van der Waals surface area contributed by atoms with Crippen LogP contribution in [0.3, 0.4) is 0 Å². The van der Waals surface area contributed by atoms with Crippen molar-refractivity contribution in [2.75, 3.05) is 9.80 Å². The number of rotatable bonds is 10. The standard InChI is InChI=1S/C76H50N6/c1-3-23-55(24-4-1)79(59-45-47-73-65(49-59)63-29-11-15-33-71(63)81(73)69-35-17-21-51-19-7-9-27-61(51)69)57-41-37-53(38-42-57)75-76(78-68-32-14-13-31-67(68)77-75)54-39-43-58(44-40-54)80(56-25-5-2-6-26-56)60-46-48-74-66(50-60)64-30-12-16-34-72(64)82(74)70-36-18-22-52-20-8-10-28-62(52)70/h1-50H. The molecule has 0 fully saturated rings. The Morgan fingerprint density at radius 3 is 1.00 bits per heavy atom. The molecule has 3 heterocycles. The molecule has 16 rings (SSSR count). The maximum Gasteiger partial charge on any atom is 0.0973 e. The summed E-state index contributed by atoms with van der Waals surface area (Å²) in [6.45, 7) is 0. The molecule has 0 N–H and O–H groups in total. The maximum absolute atomic E-state index is 5.38. The molecular weight excluding hydrogens is 997 g/mol. The minimum atomic E-state index is 0.819. The molecule has 82 heavy (non-hydrogen) atoms. The van der Waals surface area contributed by atoms with E-state index in [0.29, 0.717) is 0 Å². The van der Waals surface area contributed by atoms with E-state index in [1.54, 1.807) is 0 Å². The predicted molar refractivity (Wildman–Crippen MR) is 343 cm³/mol. The summed E-state index contributed by atoms with van der Waals surface area (Å²) in [5, 5.41) is 9.67.